The van der Waals surface area contributed by atoms with Crippen molar-refractivity contribution in [3.05, 3.63) is 64.7 Å². The van der Waals surface area contributed by atoms with E-state index >= 15 is 0 Å². The first-order valence-electron chi connectivity index (χ1n) is 10.6. The van der Waals surface area contributed by atoms with E-state index in [0.717, 1.165) is 29.3 Å². The molecule has 2 aromatic heterocycles. The van der Waals surface area contributed by atoms with E-state index in [1.165, 1.54) is 4.68 Å². The molecule has 0 unspecified atom stereocenters. The number of amides is 2. The molecule has 168 valence electrons. The number of carbonyl (C=O) groups is 2. The maximum atomic E-state index is 12.5. The van der Waals surface area contributed by atoms with Gasteiger partial charge >= 0.3 is 0 Å². The maximum absolute atomic E-state index is 12.5. The highest BCUT2D eigenvalue weighted by Crippen LogP contribution is 2.31. The van der Waals surface area contributed by atoms with Crippen LogP contribution in [0.5, 0.6) is 0 Å². The average Bonchev–Trinajstić information content (AvgIpc) is 3.21. The molecule has 0 saturated carbocycles. The molecule has 0 radical (unpaired) electrons. The molecule has 3 heterocycles. The lowest BCUT2D eigenvalue weighted by atomic mass is 10.0. The summed E-state index contributed by atoms with van der Waals surface area (Å²) in [6, 6.07) is 10.4. The Labute approximate surface area is 200 Å². The lowest BCUT2D eigenvalue weighted by Crippen LogP contribution is -2.39. The van der Waals surface area contributed by atoms with Crippen molar-refractivity contribution in [1.29, 1.82) is 0 Å². The van der Waals surface area contributed by atoms with E-state index in [9.17, 15) is 9.59 Å². The summed E-state index contributed by atoms with van der Waals surface area (Å²) in [5.74, 6) is 12.1. The SMILES string of the molecule is CC#CC(=O)N1CCCC[C@H]1c1nc(-c2ccc(C(=O)Nc3cc(Br)ccn3)cc2)cn1N. The molecule has 1 aliphatic rings. The number of imidazole rings is 1. The van der Waals surface area contributed by atoms with Crippen molar-refractivity contribution in [1.82, 2.24) is 19.5 Å². The Morgan fingerprint density at radius 2 is 2.00 bits per heavy atom. The van der Waals surface area contributed by atoms with Crippen LogP contribution in [0.15, 0.2) is 53.3 Å². The van der Waals surface area contributed by atoms with Crippen molar-refractivity contribution >= 4 is 33.6 Å². The lowest BCUT2D eigenvalue weighted by molar-refractivity contribution is -0.129. The molecule has 9 heteroatoms. The van der Waals surface area contributed by atoms with Gasteiger partial charge in [-0.1, -0.05) is 34.0 Å². The molecule has 1 fully saturated rings. The maximum Gasteiger partial charge on any atom is 0.299 e. The van der Waals surface area contributed by atoms with Gasteiger partial charge in [0.2, 0.25) is 0 Å². The molecule has 2 amide bonds. The summed E-state index contributed by atoms with van der Waals surface area (Å²) in [7, 11) is 0. The zero-order valence-corrected chi connectivity index (χ0v) is 19.7. The van der Waals surface area contributed by atoms with Gasteiger partial charge < -0.3 is 16.1 Å². The van der Waals surface area contributed by atoms with Crippen molar-refractivity contribution in [2.24, 2.45) is 0 Å². The number of pyridine rings is 1. The van der Waals surface area contributed by atoms with E-state index in [1.807, 2.05) is 12.1 Å². The molecule has 3 aromatic rings. The Hall–Kier alpha value is -3.64. The predicted molar refractivity (Wildman–Crippen MR) is 129 cm³/mol. The second kappa shape index (κ2) is 9.88. The van der Waals surface area contributed by atoms with Crippen molar-refractivity contribution < 1.29 is 9.59 Å². The number of likely N-dealkylation sites (tertiary alicyclic amines) is 1. The van der Waals surface area contributed by atoms with Crippen LogP contribution < -0.4 is 11.2 Å². The largest absolute Gasteiger partial charge is 0.338 e. The molecule has 1 aliphatic heterocycles. The van der Waals surface area contributed by atoms with Gasteiger partial charge in [-0.3, -0.25) is 14.3 Å². The predicted octanol–water partition coefficient (Wildman–Crippen LogP) is 3.75. The average molecular weight is 507 g/mol. The van der Waals surface area contributed by atoms with Gasteiger partial charge in [0.15, 0.2) is 5.82 Å². The Kier molecular flexibility index (Phi) is 6.75. The Morgan fingerprint density at radius 1 is 1.21 bits per heavy atom. The van der Waals surface area contributed by atoms with Gasteiger partial charge in [-0.2, -0.15) is 0 Å². The number of hydrogen-bond donors (Lipinski definition) is 2. The number of nitrogens with zero attached hydrogens (tertiary/aromatic N) is 4. The summed E-state index contributed by atoms with van der Waals surface area (Å²) >= 11 is 3.36. The second-order valence-corrected chi connectivity index (χ2v) is 8.58. The number of piperidine rings is 1. The summed E-state index contributed by atoms with van der Waals surface area (Å²) in [6.07, 6.45) is 6.06. The molecule has 0 bridgehead atoms. The van der Waals surface area contributed by atoms with Crippen LogP contribution in [0.2, 0.25) is 0 Å². The number of benzene rings is 1. The number of nitrogens with two attached hydrogens (primary N) is 1. The molecule has 1 aromatic carbocycles. The molecule has 3 N–H and O–H groups in total. The highest BCUT2D eigenvalue weighted by molar-refractivity contribution is 9.10. The second-order valence-electron chi connectivity index (χ2n) is 7.67. The minimum absolute atomic E-state index is 0.206. The molecule has 8 nitrogen and oxygen atoms in total. The molecule has 0 aliphatic carbocycles. The van der Waals surface area contributed by atoms with Crippen LogP contribution in [-0.2, 0) is 4.79 Å². The summed E-state index contributed by atoms with van der Waals surface area (Å²) in [5, 5.41) is 2.77. The molecular weight excluding hydrogens is 484 g/mol. The standard InChI is InChI=1S/C24H23BrN6O2/c1-2-5-22(32)30-13-4-3-6-20(30)23-28-19(15-31(23)26)16-7-9-17(10-8-16)24(33)29-21-14-18(25)11-12-27-21/h7-12,14-15,20H,3-4,6,13,26H2,1H3,(H,27,29,33)/t20-/m0/s1. The Morgan fingerprint density at radius 3 is 2.73 bits per heavy atom. The highest BCUT2D eigenvalue weighted by atomic mass is 79.9. The van der Waals surface area contributed by atoms with Crippen molar-refractivity contribution in [2.75, 3.05) is 17.7 Å². The van der Waals surface area contributed by atoms with Gasteiger partial charge in [0.1, 0.15) is 5.82 Å². The summed E-state index contributed by atoms with van der Waals surface area (Å²) in [5.41, 5.74) is 1.99. The number of hydrogen-bond acceptors (Lipinski definition) is 5. The normalized spacial score (nSPS) is 15.5. The number of aromatic nitrogens is 3. The van der Waals surface area contributed by atoms with Crippen LogP contribution in [0, 0.1) is 11.8 Å². The van der Waals surface area contributed by atoms with Gasteiger partial charge in [-0.15, -0.1) is 0 Å². The van der Waals surface area contributed by atoms with Crippen molar-refractivity contribution in [3.8, 4) is 23.1 Å². The van der Waals surface area contributed by atoms with Crippen LogP contribution in [0.1, 0.15) is 48.4 Å². The molecular formula is C24H23BrN6O2. The number of rotatable bonds is 4. The third kappa shape index (κ3) is 5.07. The first kappa shape index (κ1) is 22.6. The van der Waals surface area contributed by atoms with E-state index in [2.05, 4.69) is 38.1 Å². The fraction of sp³-hybridized carbons (Fsp3) is 0.250. The minimum atomic E-state index is -0.259. The first-order chi connectivity index (χ1) is 16.0. The Balaban J connectivity index is 1.53. The third-order valence-corrected chi connectivity index (χ3v) is 5.95. The van der Waals surface area contributed by atoms with Crippen LogP contribution in [0.3, 0.4) is 0 Å². The summed E-state index contributed by atoms with van der Waals surface area (Å²) < 4.78 is 2.31. The van der Waals surface area contributed by atoms with E-state index in [1.54, 1.807) is 48.5 Å². The number of anilines is 1. The van der Waals surface area contributed by atoms with E-state index in [-0.39, 0.29) is 17.9 Å². The van der Waals surface area contributed by atoms with Crippen molar-refractivity contribution in [2.45, 2.75) is 32.2 Å². The van der Waals surface area contributed by atoms with Crippen LogP contribution >= 0.6 is 15.9 Å². The molecule has 1 saturated heterocycles. The van der Waals surface area contributed by atoms with Gasteiger partial charge in [0.05, 0.1) is 17.9 Å². The summed E-state index contributed by atoms with van der Waals surface area (Å²) in [4.78, 5) is 35.6. The topological polar surface area (TPSA) is 106 Å². The van der Waals surface area contributed by atoms with Crippen LogP contribution in [-0.4, -0.2) is 37.9 Å². The van der Waals surface area contributed by atoms with Crippen molar-refractivity contribution in [3.63, 3.8) is 0 Å². The van der Waals surface area contributed by atoms with Crippen LogP contribution in [0.25, 0.3) is 11.3 Å². The minimum Gasteiger partial charge on any atom is -0.338 e. The molecule has 4 rings (SSSR count). The monoisotopic (exact) mass is 506 g/mol. The smallest absolute Gasteiger partial charge is 0.299 e. The zero-order valence-electron chi connectivity index (χ0n) is 18.1. The first-order valence-corrected chi connectivity index (χ1v) is 11.4. The summed E-state index contributed by atoms with van der Waals surface area (Å²) in [6.45, 7) is 2.29. The number of nitrogens with one attached hydrogen (secondary N) is 1. The fourth-order valence-electron chi connectivity index (χ4n) is 3.87. The van der Waals surface area contributed by atoms with Gasteiger partial charge in [0.25, 0.3) is 11.8 Å². The van der Waals surface area contributed by atoms with E-state index in [4.69, 9.17) is 10.8 Å². The van der Waals surface area contributed by atoms with Gasteiger partial charge in [-0.05, 0) is 56.4 Å². The number of halogens is 1. The van der Waals surface area contributed by atoms with Gasteiger partial charge in [0, 0.05) is 28.3 Å². The number of nitrogen functional groups attached to an aromatic ring is 1. The van der Waals surface area contributed by atoms with E-state index in [0.29, 0.717) is 29.4 Å². The molecule has 0 spiro atoms. The Bertz CT molecular complexity index is 1240. The quantitative estimate of drug-likeness (QED) is 0.414. The molecule has 1 atom stereocenters. The molecule has 33 heavy (non-hydrogen) atoms. The zero-order chi connectivity index (χ0) is 23.4. The van der Waals surface area contributed by atoms with E-state index < -0.39 is 0 Å². The third-order valence-electron chi connectivity index (χ3n) is 5.46. The van der Waals surface area contributed by atoms with Gasteiger partial charge in [-0.25, -0.2) is 9.97 Å². The number of carbonyl (C=O) groups excluding carboxylic acids is 2. The highest BCUT2D eigenvalue weighted by Gasteiger charge is 2.30. The van der Waals surface area contributed by atoms with Crippen LogP contribution in [0.4, 0.5) is 5.82 Å². The fourth-order valence-corrected chi connectivity index (χ4v) is 4.20. The lowest BCUT2D eigenvalue weighted by Gasteiger charge is -2.33.